The van der Waals surface area contributed by atoms with Crippen LogP contribution in [-0.4, -0.2) is 53.6 Å². The average Bonchev–Trinajstić information content (AvgIpc) is 2.77. The normalized spacial score (nSPS) is 21.3. The van der Waals surface area contributed by atoms with E-state index in [1.165, 1.54) is 0 Å². The number of methoxy groups -OCH3 is 1. The van der Waals surface area contributed by atoms with Gasteiger partial charge in [0, 0.05) is 39.2 Å². The van der Waals surface area contributed by atoms with Gasteiger partial charge in [-0.15, -0.1) is 5.10 Å². The van der Waals surface area contributed by atoms with Gasteiger partial charge < -0.3 is 15.0 Å². The monoisotopic (exact) mass is 253 g/mol. The molecule has 0 amide bonds. The van der Waals surface area contributed by atoms with Crippen molar-refractivity contribution in [1.82, 2.24) is 20.5 Å². The van der Waals surface area contributed by atoms with E-state index in [1.807, 2.05) is 13.8 Å². The maximum atomic E-state index is 5.40. The summed E-state index contributed by atoms with van der Waals surface area (Å²) >= 11 is 0. The van der Waals surface area contributed by atoms with Crippen LogP contribution >= 0.6 is 0 Å². The molecule has 0 bridgehead atoms. The molecule has 1 aliphatic rings. The molecule has 0 saturated carbocycles. The van der Waals surface area contributed by atoms with Crippen molar-refractivity contribution >= 4 is 5.95 Å². The molecule has 1 atom stereocenters. The van der Waals surface area contributed by atoms with Crippen LogP contribution in [0.15, 0.2) is 0 Å². The lowest BCUT2D eigenvalue weighted by molar-refractivity contribution is 0.0216. The van der Waals surface area contributed by atoms with Crippen LogP contribution in [0, 0.1) is 0 Å². The number of piperazine rings is 1. The van der Waals surface area contributed by atoms with Crippen LogP contribution in [0.25, 0.3) is 0 Å². The molecule has 0 aliphatic carbocycles. The number of hydrogen-bond donors (Lipinski definition) is 2. The summed E-state index contributed by atoms with van der Waals surface area (Å²) < 4.78 is 5.40. The highest BCUT2D eigenvalue weighted by molar-refractivity contribution is 5.30. The number of H-pyrrole nitrogens is 1. The summed E-state index contributed by atoms with van der Waals surface area (Å²) in [6.07, 6.45) is 0.734. The number of nitrogens with one attached hydrogen (secondary N) is 2. The zero-order valence-electron chi connectivity index (χ0n) is 11.7. The molecule has 6 heteroatoms. The first-order valence-electron chi connectivity index (χ1n) is 6.45. The number of aromatic amines is 1. The van der Waals surface area contributed by atoms with Crippen molar-refractivity contribution in [3.05, 3.63) is 5.82 Å². The predicted molar refractivity (Wildman–Crippen MR) is 70.9 cm³/mol. The van der Waals surface area contributed by atoms with Crippen LogP contribution in [0.4, 0.5) is 5.95 Å². The number of nitrogens with zero attached hydrogens (tertiary/aromatic N) is 3. The molecule has 6 nitrogen and oxygen atoms in total. The SMILES string of the molecule is COC(C)(C)Cc1nc(N2CCNC(C)C2)n[nH]1. The van der Waals surface area contributed by atoms with Crippen molar-refractivity contribution in [3.8, 4) is 0 Å². The molecule has 102 valence electrons. The minimum Gasteiger partial charge on any atom is -0.378 e. The summed E-state index contributed by atoms with van der Waals surface area (Å²) in [5.41, 5.74) is -0.215. The van der Waals surface area contributed by atoms with Crippen LogP contribution in [0.1, 0.15) is 26.6 Å². The number of aromatic nitrogens is 3. The topological polar surface area (TPSA) is 66.1 Å². The molecule has 1 fully saturated rings. The van der Waals surface area contributed by atoms with Gasteiger partial charge >= 0.3 is 0 Å². The van der Waals surface area contributed by atoms with Gasteiger partial charge in [0.2, 0.25) is 5.95 Å². The highest BCUT2D eigenvalue weighted by Crippen LogP contribution is 2.16. The highest BCUT2D eigenvalue weighted by atomic mass is 16.5. The Balaban J connectivity index is 2.01. The number of rotatable bonds is 4. The number of ether oxygens (including phenoxy) is 1. The molecule has 0 aromatic carbocycles. The summed E-state index contributed by atoms with van der Waals surface area (Å²) in [6, 6.07) is 0.483. The van der Waals surface area contributed by atoms with Crippen LogP contribution in [0.3, 0.4) is 0 Å². The van der Waals surface area contributed by atoms with Gasteiger partial charge in [0.1, 0.15) is 5.82 Å². The molecule has 0 radical (unpaired) electrons. The molecule has 1 unspecified atom stereocenters. The summed E-state index contributed by atoms with van der Waals surface area (Å²) in [4.78, 5) is 6.76. The third-order valence-electron chi connectivity index (χ3n) is 3.32. The van der Waals surface area contributed by atoms with Crippen LogP contribution in [-0.2, 0) is 11.2 Å². The molecule has 2 rings (SSSR count). The Morgan fingerprint density at radius 3 is 2.94 bits per heavy atom. The maximum absolute atomic E-state index is 5.40. The predicted octanol–water partition coefficient (Wildman–Crippen LogP) is 0.570. The van der Waals surface area contributed by atoms with E-state index in [4.69, 9.17) is 4.74 Å². The molecule has 1 aromatic heterocycles. The van der Waals surface area contributed by atoms with Gasteiger partial charge in [-0.1, -0.05) is 0 Å². The number of hydrogen-bond acceptors (Lipinski definition) is 5. The minimum absolute atomic E-state index is 0.215. The molecule has 1 saturated heterocycles. The average molecular weight is 253 g/mol. The molecular weight excluding hydrogens is 230 g/mol. The van der Waals surface area contributed by atoms with E-state index in [9.17, 15) is 0 Å². The van der Waals surface area contributed by atoms with Gasteiger partial charge in [0.05, 0.1) is 5.60 Å². The van der Waals surface area contributed by atoms with E-state index in [-0.39, 0.29) is 5.60 Å². The van der Waals surface area contributed by atoms with Gasteiger partial charge in [-0.25, -0.2) is 0 Å². The van der Waals surface area contributed by atoms with Crippen LogP contribution in [0.2, 0.25) is 0 Å². The molecule has 2 N–H and O–H groups in total. The van der Waals surface area contributed by atoms with Crippen LogP contribution in [0.5, 0.6) is 0 Å². The van der Waals surface area contributed by atoms with E-state index in [1.54, 1.807) is 7.11 Å². The standard InChI is InChI=1S/C12H23N5O/c1-9-8-17(6-5-13-9)11-14-10(15-16-11)7-12(2,3)18-4/h9,13H,5-8H2,1-4H3,(H,14,15,16). The first-order chi connectivity index (χ1) is 8.50. The fourth-order valence-corrected chi connectivity index (χ4v) is 2.10. The third kappa shape index (κ3) is 3.20. The molecule has 0 spiro atoms. The second kappa shape index (κ2) is 5.24. The Morgan fingerprint density at radius 1 is 1.50 bits per heavy atom. The third-order valence-corrected chi connectivity index (χ3v) is 3.32. The van der Waals surface area contributed by atoms with E-state index >= 15 is 0 Å². The molecule has 18 heavy (non-hydrogen) atoms. The van der Waals surface area contributed by atoms with Gasteiger partial charge in [-0.3, -0.25) is 5.10 Å². The van der Waals surface area contributed by atoms with Crippen molar-refractivity contribution in [2.24, 2.45) is 0 Å². The Hall–Kier alpha value is -1.14. The lowest BCUT2D eigenvalue weighted by Gasteiger charge is -2.30. The van der Waals surface area contributed by atoms with Crippen molar-refractivity contribution in [3.63, 3.8) is 0 Å². The van der Waals surface area contributed by atoms with Gasteiger partial charge in [0.15, 0.2) is 0 Å². The Kier molecular flexibility index (Phi) is 3.87. The fourth-order valence-electron chi connectivity index (χ4n) is 2.10. The molecule has 1 aromatic rings. The Bertz CT molecular complexity index is 390. The largest absolute Gasteiger partial charge is 0.378 e. The number of anilines is 1. The smallest absolute Gasteiger partial charge is 0.244 e. The van der Waals surface area contributed by atoms with Crippen molar-refractivity contribution in [1.29, 1.82) is 0 Å². The summed E-state index contributed by atoms with van der Waals surface area (Å²) in [7, 11) is 1.72. The van der Waals surface area contributed by atoms with Gasteiger partial charge in [0.25, 0.3) is 0 Å². The van der Waals surface area contributed by atoms with Gasteiger partial charge in [-0.2, -0.15) is 4.98 Å². The second-order valence-electron chi connectivity index (χ2n) is 5.52. The van der Waals surface area contributed by atoms with Crippen molar-refractivity contribution in [2.75, 3.05) is 31.6 Å². The summed E-state index contributed by atoms with van der Waals surface area (Å²) in [5, 5.41) is 10.7. The van der Waals surface area contributed by atoms with Crippen molar-refractivity contribution < 1.29 is 4.74 Å². The molecule has 1 aliphatic heterocycles. The molecular formula is C12H23N5O. The van der Waals surface area contributed by atoms with Crippen LogP contribution < -0.4 is 10.2 Å². The lowest BCUT2D eigenvalue weighted by atomic mass is 10.1. The van der Waals surface area contributed by atoms with Crippen molar-refractivity contribution in [2.45, 2.75) is 38.8 Å². The first kappa shape index (κ1) is 13.3. The van der Waals surface area contributed by atoms with E-state index in [0.29, 0.717) is 6.04 Å². The highest BCUT2D eigenvalue weighted by Gasteiger charge is 2.22. The first-order valence-corrected chi connectivity index (χ1v) is 6.45. The Morgan fingerprint density at radius 2 is 2.28 bits per heavy atom. The lowest BCUT2D eigenvalue weighted by Crippen LogP contribution is -2.49. The van der Waals surface area contributed by atoms with E-state index in [0.717, 1.165) is 37.8 Å². The molecule has 2 heterocycles. The van der Waals surface area contributed by atoms with Gasteiger partial charge in [-0.05, 0) is 20.8 Å². The second-order valence-corrected chi connectivity index (χ2v) is 5.52. The minimum atomic E-state index is -0.215. The summed E-state index contributed by atoms with van der Waals surface area (Å²) in [6.45, 7) is 9.15. The maximum Gasteiger partial charge on any atom is 0.244 e. The summed E-state index contributed by atoms with van der Waals surface area (Å²) in [5.74, 6) is 1.67. The quantitative estimate of drug-likeness (QED) is 0.821. The fraction of sp³-hybridized carbons (Fsp3) is 0.833. The van der Waals surface area contributed by atoms with E-state index in [2.05, 4.69) is 32.3 Å². The zero-order valence-corrected chi connectivity index (χ0v) is 11.7. The van der Waals surface area contributed by atoms with E-state index < -0.39 is 0 Å². The Labute approximate surface area is 108 Å². The zero-order chi connectivity index (χ0) is 13.2.